The number of halogens is 3. The van der Waals surface area contributed by atoms with Crippen LogP contribution < -0.4 is 0 Å². The maximum absolute atomic E-state index is 12.5. The second-order valence-electron chi connectivity index (χ2n) is 3.76. The summed E-state index contributed by atoms with van der Waals surface area (Å²) in [4.78, 5) is -1.55. The van der Waals surface area contributed by atoms with E-state index in [1.807, 2.05) is 0 Å². The van der Waals surface area contributed by atoms with Crippen LogP contribution in [0.15, 0.2) is 34.1 Å². The maximum atomic E-state index is 12.5. The Hall–Kier alpha value is -0.730. The fourth-order valence-corrected chi connectivity index (χ4v) is 4.54. The quantitative estimate of drug-likeness (QED) is 0.774. The molecule has 0 aromatic heterocycles. The zero-order valence-electron chi connectivity index (χ0n) is 9.75. The summed E-state index contributed by atoms with van der Waals surface area (Å²) in [5, 5.41) is -1.08. The summed E-state index contributed by atoms with van der Waals surface area (Å²) < 4.78 is 72.1. The molecule has 0 saturated heterocycles. The molecule has 0 fully saturated rings. The van der Waals surface area contributed by atoms with E-state index in [1.165, 1.54) is 19.1 Å². The molecule has 0 aliphatic carbocycles. The van der Waals surface area contributed by atoms with Crippen molar-refractivity contribution < 1.29 is 25.6 Å². The molecule has 0 aliphatic heterocycles. The van der Waals surface area contributed by atoms with Crippen molar-refractivity contribution in [1.29, 1.82) is 0 Å². The summed E-state index contributed by atoms with van der Waals surface area (Å²) >= 11 is 5.44. The smallest absolute Gasteiger partial charge is 0.223 e. The van der Waals surface area contributed by atoms with Crippen LogP contribution in [0.25, 0.3) is 0 Å². The van der Waals surface area contributed by atoms with E-state index in [0.29, 0.717) is 0 Å². The van der Waals surface area contributed by atoms with Crippen LogP contribution in [0.2, 0.25) is 0 Å². The number of benzene rings is 1. The van der Waals surface area contributed by atoms with E-state index in [9.17, 15) is 25.6 Å². The van der Waals surface area contributed by atoms with Crippen LogP contribution in [-0.2, 0) is 19.7 Å². The fraction of sp³-hybridized carbons (Fsp3) is 0.400. The SMILES string of the molecule is CC(CCl)S(=O)(=O)c1ccccc1S(=O)(=O)C(F)F. The fourth-order valence-electron chi connectivity index (χ4n) is 1.32. The predicted molar refractivity (Wildman–Crippen MR) is 67.0 cm³/mol. The molecular formula is C10H11ClF2O4S2. The second-order valence-corrected chi connectivity index (χ2v) is 8.29. The molecule has 0 aliphatic rings. The van der Waals surface area contributed by atoms with Gasteiger partial charge in [-0.3, -0.25) is 0 Å². The van der Waals surface area contributed by atoms with Crippen molar-refractivity contribution >= 4 is 31.3 Å². The van der Waals surface area contributed by atoms with Crippen molar-refractivity contribution in [3.05, 3.63) is 24.3 Å². The van der Waals surface area contributed by atoms with Gasteiger partial charge in [-0.25, -0.2) is 16.8 Å². The predicted octanol–water partition coefficient (Wildman–Crippen LogP) is 2.08. The Labute approximate surface area is 115 Å². The van der Waals surface area contributed by atoms with Gasteiger partial charge in [0.15, 0.2) is 9.84 Å². The molecule has 1 aromatic carbocycles. The van der Waals surface area contributed by atoms with E-state index in [4.69, 9.17) is 11.6 Å². The number of rotatable bonds is 5. The first-order valence-corrected chi connectivity index (χ1v) is 8.69. The third-order valence-corrected chi connectivity index (χ3v) is 6.85. The number of sulfone groups is 2. The molecule has 9 heteroatoms. The first-order valence-electron chi connectivity index (χ1n) is 5.06. The monoisotopic (exact) mass is 332 g/mol. The Morgan fingerprint density at radius 2 is 1.47 bits per heavy atom. The molecule has 4 nitrogen and oxygen atoms in total. The van der Waals surface area contributed by atoms with Gasteiger partial charge in [-0.15, -0.1) is 11.6 Å². The molecule has 0 spiro atoms. The zero-order valence-corrected chi connectivity index (χ0v) is 12.1. The van der Waals surface area contributed by atoms with Crippen molar-refractivity contribution in [3.63, 3.8) is 0 Å². The summed E-state index contributed by atoms with van der Waals surface area (Å²) in [5.74, 6) is -3.96. The first kappa shape index (κ1) is 16.3. The van der Waals surface area contributed by atoms with E-state index < -0.39 is 40.5 Å². The molecular weight excluding hydrogens is 322 g/mol. The van der Waals surface area contributed by atoms with Gasteiger partial charge in [-0.2, -0.15) is 8.78 Å². The van der Waals surface area contributed by atoms with Crippen LogP contribution in [-0.4, -0.2) is 33.7 Å². The van der Waals surface area contributed by atoms with Gasteiger partial charge < -0.3 is 0 Å². The molecule has 0 N–H and O–H groups in total. The topological polar surface area (TPSA) is 68.3 Å². The molecule has 19 heavy (non-hydrogen) atoms. The van der Waals surface area contributed by atoms with Crippen molar-refractivity contribution in [1.82, 2.24) is 0 Å². The molecule has 0 amide bonds. The first-order chi connectivity index (χ1) is 8.65. The number of alkyl halides is 3. The van der Waals surface area contributed by atoms with Gasteiger partial charge in [0.1, 0.15) is 0 Å². The lowest BCUT2D eigenvalue weighted by Gasteiger charge is -2.13. The van der Waals surface area contributed by atoms with Gasteiger partial charge in [0.2, 0.25) is 9.84 Å². The summed E-state index contributed by atoms with van der Waals surface area (Å²) in [5.41, 5.74) is 0. The van der Waals surface area contributed by atoms with E-state index in [2.05, 4.69) is 0 Å². The highest BCUT2D eigenvalue weighted by Gasteiger charge is 2.34. The van der Waals surface area contributed by atoms with Crippen molar-refractivity contribution in [2.75, 3.05) is 5.88 Å². The number of hydrogen-bond acceptors (Lipinski definition) is 4. The lowest BCUT2D eigenvalue weighted by molar-refractivity contribution is 0.234. The summed E-state index contributed by atoms with van der Waals surface area (Å²) in [6, 6.07) is 4.26. The van der Waals surface area contributed by atoms with Crippen LogP contribution in [0.3, 0.4) is 0 Å². The molecule has 1 rings (SSSR count). The van der Waals surface area contributed by atoms with Crippen LogP contribution in [0.5, 0.6) is 0 Å². The van der Waals surface area contributed by atoms with Gasteiger partial charge in [-0.05, 0) is 19.1 Å². The van der Waals surface area contributed by atoms with E-state index in [-0.39, 0.29) is 5.88 Å². The third kappa shape index (κ3) is 3.06. The molecule has 108 valence electrons. The molecule has 1 aromatic rings. The largest absolute Gasteiger partial charge is 0.341 e. The zero-order chi connectivity index (χ0) is 14.8. The average Bonchev–Trinajstić information content (AvgIpc) is 2.37. The highest BCUT2D eigenvalue weighted by atomic mass is 35.5. The lowest BCUT2D eigenvalue weighted by atomic mass is 10.4. The number of hydrogen-bond donors (Lipinski definition) is 0. The Balaban J connectivity index is 3.58. The maximum Gasteiger partial charge on any atom is 0.341 e. The average molecular weight is 333 g/mol. The van der Waals surface area contributed by atoms with E-state index >= 15 is 0 Å². The van der Waals surface area contributed by atoms with Gasteiger partial charge in [0.25, 0.3) is 0 Å². The molecule has 0 bridgehead atoms. The normalized spacial score (nSPS) is 14.6. The third-order valence-electron chi connectivity index (χ3n) is 2.44. The molecule has 1 atom stereocenters. The van der Waals surface area contributed by atoms with Gasteiger partial charge in [-0.1, -0.05) is 12.1 Å². The van der Waals surface area contributed by atoms with Crippen LogP contribution in [0.1, 0.15) is 6.92 Å². The van der Waals surface area contributed by atoms with Crippen molar-refractivity contribution in [3.8, 4) is 0 Å². The Morgan fingerprint density at radius 3 is 1.84 bits per heavy atom. The molecule has 0 heterocycles. The van der Waals surface area contributed by atoms with Gasteiger partial charge in [0.05, 0.1) is 15.0 Å². The highest BCUT2D eigenvalue weighted by molar-refractivity contribution is 7.95. The van der Waals surface area contributed by atoms with Gasteiger partial charge >= 0.3 is 5.76 Å². The summed E-state index contributed by atoms with van der Waals surface area (Å²) in [6.45, 7) is 1.27. The minimum atomic E-state index is -4.99. The molecule has 0 saturated carbocycles. The minimum absolute atomic E-state index is 0.272. The van der Waals surface area contributed by atoms with Crippen LogP contribution in [0.4, 0.5) is 8.78 Å². The lowest BCUT2D eigenvalue weighted by Crippen LogP contribution is -2.23. The Bertz CT molecular complexity index is 656. The summed E-state index contributed by atoms with van der Waals surface area (Å²) in [6.07, 6.45) is 0. The van der Waals surface area contributed by atoms with Crippen molar-refractivity contribution in [2.24, 2.45) is 0 Å². The Kier molecular flexibility index (Phi) is 4.91. The highest BCUT2D eigenvalue weighted by Crippen LogP contribution is 2.28. The van der Waals surface area contributed by atoms with E-state index in [1.54, 1.807) is 0 Å². The molecule has 0 radical (unpaired) electrons. The standard InChI is InChI=1S/C10H11ClF2O4S2/c1-7(6-11)18(14,15)8-4-2-3-5-9(8)19(16,17)10(12)13/h2-5,7,10H,6H2,1H3. The van der Waals surface area contributed by atoms with Crippen LogP contribution in [0, 0.1) is 0 Å². The van der Waals surface area contributed by atoms with Crippen molar-refractivity contribution in [2.45, 2.75) is 27.7 Å². The minimum Gasteiger partial charge on any atom is -0.223 e. The molecule has 1 unspecified atom stereocenters. The van der Waals surface area contributed by atoms with Crippen LogP contribution >= 0.6 is 11.6 Å². The Morgan fingerprint density at radius 1 is 1.05 bits per heavy atom. The second kappa shape index (κ2) is 5.72. The van der Waals surface area contributed by atoms with E-state index in [0.717, 1.165) is 12.1 Å². The summed E-state index contributed by atoms with van der Waals surface area (Å²) in [7, 11) is -9.07. The van der Waals surface area contributed by atoms with Gasteiger partial charge in [0, 0.05) is 5.88 Å².